The fraction of sp³-hybridized carbons (Fsp3) is 1.00. The topological polar surface area (TPSA) is 18.5 Å². The molecule has 0 bridgehead atoms. The minimum Gasteiger partial charge on any atom is -0.378 e. The maximum absolute atomic E-state index is 5.83. The summed E-state index contributed by atoms with van der Waals surface area (Å²) in [6, 6.07) is 0. The Balaban J connectivity index is 1.91. The normalized spacial score (nSPS) is 43.9. The highest BCUT2D eigenvalue weighted by molar-refractivity contribution is 14.1. The predicted octanol–water partition coefficient (Wildman–Crippen LogP) is 1.62. The third-order valence-electron chi connectivity index (χ3n) is 2.54. The second-order valence-electron chi connectivity index (χ2n) is 3.33. The van der Waals surface area contributed by atoms with Crippen LogP contribution in [0.25, 0.3) is 0 Å². The van der Waals surface area contributed by atoms with Crippen LogP contribution in [-0.2, 0) is 9.47 Å². The van der Waals surface area contributed by atoms with E-state index >= 15 is 0 Å². The molecule has 0 amide bonds. The molecular formula is C8H13IO2. The number of hydrogen-bond acceptors (Lipinski definition) is 2. The Bertz CT molecular complexity index is 140. The largest absolute Gasteiger partial charge is 0.378 e. The lowest BCUT2D eigenvalue weighted by atomic mass is 9.95. The fourth-order valence-corrected chi connectivity index (χ4v) is 2.48. The van der Waals surface area contributed by atoms with Crippen molar-refractivity contribution in [2.75, 3.05) is 17.6 Å². The Morgan fingerprint density at radius 2 is 2.18 bits per heavy atom. The Labute approximate surface area is 80.8 Å². The molecule has 2 heterocycles. The second-order valence-corrected chi connectivity index (χ2v) is 4.21. The Morgan fingerprint density at radius 1 is 1.27 bits per heavy atom. The maximum atomic E-state index is 5.83. The molecule has 11 heavy (non-hydrogen) atoms. The molecule has 3 heteroatoms. The van der Waals surface area contributed by atoms with E-state index in [1.54, 1.807) is 0 Å². The van der Waals surface area contributed by atoms with Crippen LogP contribution in [0.15, 0.2) is 0 Å². The van der Waals surface area contributed by atoms with Crippen molar-refractivity contribution in [1.29, 1.82) is 0 Å². The van der Waals surface area contributed by atoms with Gasteiger partial charge in [0.1, 0.15) is 0 Å². The zero-order chi connectivity index (χ0) is 7.68. The summed E-state index contributed by atoms with van der Waals surface area (Å²) in [5.41, 5.74) is 0. The van der Waals surface area contributed by atoms with Gasteiger partial charge < -0.3 is 9.47 Å². The first-order chi connectivity index (χ1) is 5.40. The number of alkyl halides is 1. The molecule has 2 nitrogen and oxygen atoms in total. The molecule has 0 radical (unpaired) electrons. The highest BCUT2D eigenvalue weighted by Gasteiger charge is 2.34. The number of halogens is 1. The quantitative estimate of drug-likeness (QED) is 0.531. The van der Waals surface area contributed by atoms with Crippen LogP contribution in [0.5, 0.6) is 0 Å². The molecule has 0 N–H and O–H groups in total. The zero-order valence-corrected chi connectivity index (χ0v) is 8.62. The van der Waals surface area contributed by atoms with Crippen molar-refractivity contribution in [3.05, 3.63) is 0 Å². The molecule has 0 saturated carbocycles. The number of hydrogen-bond donors (Lipinski definition) is 0. The van der Waals surface area contributed by atoms with Crippen molar-refractivity contribution in [3.8, 4) is 0 Å². The second kappa shape index (κ2) is 3.58. The van der Waals surface area contributed by atoms with Crippen LogP contribution in [0.3, 0.4) is 0 Å². The van der Waals surface area contributed by atoms with E-state index in [9.17, 15) is 0 Å². The van der Waals surface area contributed by atoms with Crippen molar-refractivity contribution in [1.82, 2.24) is 0 Å². The van der Waals surface area contributed by atoms with E-state index < -0.39 is 0 Å². The van der Waals surface area contributed by atoms with Crippen LogP contribution in [0.2, 0.25) is 0 Å². The van der Waals surface area contributed by atoms with Crippen molar-refractivity contribution in [3.63, 3.8) is 0 Å². The summed E-state index contributed by atoms with van der Waals surface area (Å²) in [4.78, 5) is 0. The molecule has 2 rings (SSSR count). The molecule has 0 spiro atoms. The van der Waals surface area contributed by atoms with Gasteiger partial charge in [0.2, 0.25) is 0 Å². The smallest absolute Gasteiger partial charge is 0.0862 e. The average Bonchev–Trinajstić information content (AvgIpc) is 2.50. The molecular weight excluding hydrogens is 255 g/mol. The van der Waals surface area contributed by atoms with Crippen molar-refractivity contribution in [2.45, 2.75) is 25.0 Å². The average molecular weight is 268 g/mol. The highest BCUT2D eigenvalue weighted by atomic mass is 127. The van der Waals surface area contributed by atoms with Gasteiger partial charge in [0.25, 0.3) is 0 Å². The molecule has 0 aromatic rings. The summed E-state index contributed by atoms with van der Waals surface area (Å²) in [5, 5.41) is 0. The molecule has 0 aromatic heterocycles. The van der Waals surface area contributed by atoms with E-state index in [-0.39, 0.29) is 0 Å². The molecule has 2 aliphatic heterocycles. The summed E-state index contributed by atoms with van der Waals surface area (Å²) in [5.74, 6) is 0.703. The minimum atomic E-state index is 0.420. The molecule has 2 fully saturated rings. The van der Waals surface area contributed by atoms with Gasteiger partial charge in [-0.25, -0.2) is 0 Å². The summed E-state index contributed by atoms with van der Waals surface area (Å²) in [6.07, 6.45) is 3.45. The Hall–Kier alpha value is 0.650. The SMILES string of the molecule is ICC1CCC2COCC2O1. The predicted molar refractivity (Wildman–Crippen MR) is 51.1 cm³/mol. The van der Waals surface area contributed by atoms with Crippen molar-refractivity contribution >= 4 is 22.6 Å². The lowest BCUT2D eigenvalue weighted by Crippen LogP contribution is -2.34. The zero-order valence-electron chi connectivity index (χ0n) is 6.46. The summed E-state index contributed by atoms with van der Waals surface area (Å²) in [6.45, 7) is 1.76. The fourth-order valence-electron chi connectivity index (χ4n) is 1.83. The first kappa shape index (κ1) is 8.26. The van der Waals surface area contributed by atoms with Gasteiger partial charge in [-0.15, -0.1) is 0 Å². The Kier molecular flexibility index (Phi) is 2.69. The van der Waals surface area contributed by atoms with Crippen LogP contribution in [0.1, 0.15) is 12.8 Å². The van der Waals surface area contributed by atoms with Crippen molar-refractivity contribution in [2.24, 2.45) is 5.92 Å². The standard InChI is InChI=1S/C8H13IO2/c9-3-7-2-1-6-4-10-5-8(6)11-7/h6-8H,1-5H2. The molecule has 64 valence electrons. The van der Waals surface area contributed by atoms with E-state index in [4.69, 9.17) is 9.47 Å². The summed E-state index contributed by atoms with van der Waals surface area (Å²) < 4.78 is 12.3. The third kappa shape index (κ3) is 1.70. The highest BCUT2D eigenvalue weighted by Crippen LogP contribution is 2.30. The van der Waals surface area contributed by atoms with E-state index in [1.807, 2.05) is 0 Å². The van der Waals surface area contributed by atoms with E-state index in [0.29, 0.717) is 18.1 Å². The first-order valence-corrected chi connectivity index (χ1v) is 5.72. The molecule has 0 aliphatic carbocycles. The van der Waals surface area contributed by atoms with Gasteiger partial charge in [-0.3, -0.25) is 0 Å². The Morgan fingerprint density at radius 3 is 3.00 bits per heavy atom. The molecule has 0 aromatic carbocycles. The van der Waals surface area contributed by atoms with Crippen LogP contribution in [0.4, 0.5) is 0 Å². The van der Waals surface area contributed by atoms with Gasteiger partial charge in [-0.1, -0.05) is 22.6 Å². The monoisotopic (exact) mass is 268 g/mol. The van der Waals surface area contributed by atoms with Gasteiger partial charge in [0.15, 0.2) is 0 Å². The molecule has 2 aliphatic rings. The first-order valence-electron chi connectivity index (χ1n) is 4.19. The third-order valence-corrected chi connectivity index (χ3v) is 3.52. The minimum absolute atomic E-state index is 0.420. The summed E-state index contributed by atoms with van der Waals surface area (Å²) >= 11 is 2.39. The van der Waals surface area contributed by atoms with Crippen molar-refractivity contribution < 1.29 is 9.47 Å². The van der Waals surface area contributed by atoms with Crippen LogP contribution in [0, 0.1) is 5.92 Å². The van der Waals surface area contributed by atoms with Gasteiger partial charge in [0, 0.05) is 10.3 Å². The van der Waals surface area contributed by atoms with Crippen LogP contribution < -0.4 is 0 Å². The molecule has 3 atom stereocenters. The molecule has 2 saturated heterocycles. The number of rotatable bonds is 1. The van der Waals surface area contributed by atoms with Crippen LogP contribution >= 0.6 is 22.6 Å². The maximum Gasteiger partial charge on any atom is 0.0862 e. The van der Waals surface area contributed by atoms with Gasteiger partial charge in [-0.2, -0.15) is 0 Å². The van der Waals surface area contributed by atoms with Crippen LogP contribution in [-0.4, -0.2) is 29.8 Å². The van der Waals surface area contributed by atoms with E-state index in [1.165, 1.54) is 12.8 Å². The van der Waals surface area contributed by atoms with Gasteiger partial charge >= 0.3 is 0 Å². The van der Waals surface area contributed by atoms with Gasteiger partial charge in [-0.05, 0) is 12.8 Å². The van der Waals surface area contributed by atoms with E-state index in [0.717, 1.165) is 17.6 Å². The number of fused-ring (bicyclic) bond motifs is 1. The van der Waals surface area contributed by atoms with E-state index in [2.05, 4.69) is 22.6 Å². The number of ether oxygens (including phenoxy) is 2. The molecule has 3 unspecified atom stereocenters. The summed E-state index contributed by atoms with van der Waals surface area (Å²) in [7, 11) is 0. The lowest BCUT2D eigenvalue weighted by Gasteiger charge is -2.29. The van der Waals surface area contributed by atoms with Gasteiger partial charge in [0.05, 0.1) is 25.4 Å². The lowest BCUT2D eigenvalue weighted by molar-refractivity contribution is -0.0527.